The van der Waals surface area contributed by atoms with E-state index in [2.05, 4.69) is 5.32 Å². The van der Waals surface area contributed by atoms with Gasteiger partial charge in [0.1, 0.15) is 0 Å². The van der Waals surface area contributed by atoms with E-state index in [0.29, 0.717) is 10.6 Å². The molecular weight excluding hydrogens is 442 g/mol. The van der Waals surface area contributed by atoms with Crippen molar-refractivity contribution in [1.29, 1.82) is 0 Å². The number of nitrogens with zero attached hydrogens (tertiary/aromatic N) is 1. The maximum Gasteiger partial charge on any atom is 0.239 e. The molecule has 0 spiro atoms. The second kappa shape index (κ2) is 8.78. The molecule has 0 unspecified atom stereocenters. The second-order valence-electron chi connectivity index (χ2n) is 5.41. The van der Waals surface area contributed by atoms with Crippen molar-refractivity contribution in [1.82, 2.24) is 4.31 Å². The number of rotatable bonds is 6. The minimum absolute atomic E-state index is 0.233. The van der Waals surface area contributed by atoms with E-state index in [1.54, 1.807) is 24.3 Å². The normalized spacial score (nSPS) is 11.6. The number of sulfonamides is 1. The van der Waals surface area contributed by atoms with Crippen molar-refractivity contribution >= 4 is 68.0 Å². The number of anilines is 1. The monoisotopic (exact) mass is 454 g/mol. The fraction of sp³-hybridized carbons (Fsp3) is 0.188. The van der Waals surface area contributed by atoms with E-state index in [-0.39, 0.29) is 26.5 Å². The van der Waals surface area contributed by atoms with Crippen LogP contribution in [0.2, 0.25) is 20.1 Å². The lowest BCUT2D eigenvalue weighted by atomic mass is 10.2. The summed E-state index contributed by atoms with van der Waals surface area (Å²) in [5.74, 6) is -0.888. The Morgan fingerprint density at radius 3 is 2.19 bits per heavy atom. The van der Waals surface area contributed by atoms with Crippen molar-refractivity contribution in [3.63, 3.8) is 0 Å². The maximum absolute atomic E-state index is 12.4. The molecule has 0 heterocycles. The van der Waals surface area contributed by atoms with Crippen LogP contribution in [0.5, 0.6) is 0 Å². The molecular formula is C16H14Cl4N2O3S. The first-order valence-electron chi connectivity index (χ1n) is 7.22. The van der Waals surface area contributed by atoms with Gasteiger partial charge in [-0.2, -0.15) is 4.31 Å². The number of carbonyl (C=O) groups excluding carboxylic acids is 1. The molecule has 2 rings (SSSR count). The van der Waals surface area contributed by atoms with Gasteiger partial charge in [-0.1, -0.05) is 58.5 Å². The molecule has 0 atom stereocenters. The van der Waals surface area contributed by atoms with Crippen LogP contribution in [0.25, 0.3) is 0 Å². The average molecular weight is 456 g/mol. The van der Waals surface area contributed by atoms with Gasteiger partial charge < -0.3 is 5.32 Å². The summed E-state index contributed by atoms with van der Waals surface area (Å²) in [6.07, 6.45) is 0. The number of halogens is 4. The fourth-order valence-electron chi connectivity index (χ4n) is 2.05. The van der Waals surface area contributed by atoms with Gasteiger partial charge >= 0.3 is 0 Å². The van der Waals surface area contributed by atoms with Crippen LogP contribution in [-0.4, -0.2) is 32.2 Å². The minimum atomic E-state index is -3.75. The summed E-state index contributed by atoms with van der Waals surface area (Å²) in [5, 5.41) is 3.62. The zero-order chi connectivity index (χ0) is 19.5. The summed E-state index contributed by atoms with van der Waals surface area (Å²) in [4.78, 5) is 12.2. The molecule has 1 amide bonds. The van der Waals surface area contributed by atoms with Gasteiger partial charge in [0, 0.05) is 7.05 Å². The third-order valence-electron chi connectivity index (χ3n) is 3.40. The molecule has 140 valence electrons. The van der Waals surface area contributed by atoms with Gasteiger partial charge in [-0.25, -0.2) is 8.42 Å². The van der Waals surface area contributed by atoms with Crippen molar-refractivity contribution in [3.05, 3.63) is 62.1 Å². The average Bonchev–Trinajstić information content (AvgIpc) is 2.54. The number of likely N-dealkylation sites (N-methyl/N-ethyl adjacent to an activating group) is 1. The van der Waals surface area contributed by atoms with E-state index in [0.717, 1.165) is 4.31 Å². The molecule has 1 N–H and O–H groups in total. The second-order valence-corrected chi connectivity index (χ2v) is 9.11. The smallest absolute Gasteiger partial charge is 0.239 e. The molecule has 10 heteroatoms. The zero-order valence-electron chi connectivity index (χ0n) is 13.5. The molecule has 0 fully saturated rings. The summed E-state index contributed by atoms with van der Waals surface area (Å²) in [5.41, 5.74) is 0.692. The summed E-state index contributed by atoms with van der Waals surface area (Å²) < 4.78 is 25.8. The Hall–Kier alpha value is -1.02. The molecule has 0 saturated carbocycles. The predicted octanol–water partition coefficient (Wildman–Crippen LogP) is 4.70. The molecule has 0 saturated heterocycles. The molecule has 0 aliphatic heterocycles. The first kappa shape index (κ1) is 21.3. The van der Waals surface area contributed by atoms with Crippen molar-refractivity contribution in [3.8, 4) is 0 Å². The predicted molar refractivity (Wildman–Crippen MR) is 107 cm³/mol. The molecule has 26 heavy (non-hydrogen) atoms. The molecule has 0 aromatic heterocycles. The van der Waals surface area contributed by atoms with Crippen molar-refractivity contribution in [2.24, 2.45) is 0 Å². The number of carbonyl (C=O) groups is 1. The Morgan fingerprint density at radius 2 is 1.62 bits per heavy atom. The topological polar surface area (TPSA) is 66.5 Å². The number of benzene rings is 2. The van der Waals surface area contributed by atoms with Crippen molar-refractivity contribution in [2.45, 2.75) is 5.75 Å². The summed E-state index contributed by atoms with van der Waals surface area (Å²) >= 11 is 23.7. The molecule has 0 radical (unpaired) electrons. The number of nitrogens with one attached hydrogen (secondary N) is 1. The lowest BCUT2D eigenvalue weighted by Crippen LogP contribution is -2.35. The Balaban J connectivity index is 2.06. The maximum atomic E-state index is 12.4. The fourth-order valence-corrected chi connectivity index (χ4v) is 3.99. The van der Waals surface area contributed by atoms with Crippen LogP contribution < -0.4 is 5.32 Å². The third-order valence-corrected chi connectivity index (χ3v) is 6.55. The van der Waals surface area contributed by atoms with Crippen LogP contribution in [-0.2, 0) is 20.6 Å². The quantitative estimate of drug-likeness (QED) is 0.686. The highest BCUT2D eigenvalue weighted by molar-refractivity contribution is 7.88. The van der Waals surface area contributed by atoms with Crippen LogP contribution in [0.4, 0.5) is 5.69 Å². The van der Waals surface area contributed by atoms with Gasteiger partial charge in [-0.15, -0.1) is 0 Å². The Labute approximate surface area is 171 Å². The standard InChI is InChI=1S/C16H14Cl4N2O3S/c1-22(8-15(23)21-16-12(18)3-2-4-13(16)19)26(24,25)9-10-5-6-11(17)14(20)7-10/h2-7H,8-9H2,1H3,(H,21,23). The van der Waals surface area contributed by atoms with E-state index >= 15 is 0 Å². The Bertz CT molecular complexity index is 915. The van der Waals surface area contributed by atoms with E-state index in [9.17, 15) is 13.2 Å². The van der Waals surface area contributed by atoms with E-state index < -0.39 is 22.5 Å². The van der Waals surface area contributed by atoms with E-state index in [4.69, 9.17) is 46.4 Å². The summed E-state index contributed by atoms with van der Waals surface area (Å²) in [6.45, 7) is -0.398. The van der Waals surface area contributed by atoms with Gasteiger partial charge in [-0.3, -0.25) is 4.79 Å². The Kier molecular flexibility index (Phi) is 7.19. The van der Waals surface area contributed by atoms with Crippen molar-refractivity contribution in [2.75, 3.05) is 18.9 Å². The van der Waals surface area contributed by atoms with Gasteiger partial charge in [-0.05, 0) is 29.8 Å². The van der Waals surface area contributed by atoms with Gasteiger partial charge in [0.25, 0.3) is 0 Å². The van der Waals surface area contributed by atoms with Crippen LogP contribution >= 0.6 is 46.4 Å². The Morgan fingerprint density at radius 1 is 1.00 bits per heavy atom. The van der Waals surface area contributed by atoms with E-state index in [1.165, 1.54) is 19.2 Å². The largest absolute Gasteiger partial charge is 0.322 e. The third kappa shape index (κ3) is 5.49. The summed E-state index contributed by atoms with van der Waals surface area (Å²) in [6, 6.07) is 9.30. The zero-order valence-corrected chi connectivity index (χ0v) is 17.3. The number of para-hydroxylation sites is 1. The molecule has 2 aromatic rings. The van der Waals surface area contributed by atoms with Crippen molar-refractivity contribution < 1.29 is 13.2 Å². The highest BCUT2D eigenvalue weighted by atomic mass is 35.5. The lowest BCUT2D eigenvalue weighted by Gasteiger charge is -2.17. The molecule has 2 aromatic carbocycles. The van der Waals surface area contributed by atoms with Crippen LogP contribution in [0.1, 0.15) is 5.56 Å². The number of amides is 1. The van der Waals surface area contributed by atoms with Crippen LogP contribution in [0.15, 0.2) is 36.4 Å². The summed E-state index contributed by atoms with van der Waals surface area (Å²) in [7, 11) is -2.44. The molecule has 0 bridgehead atoms. The molecule has 0 aliphatic rings. The first-order chi connectivity index (χ1) is 12.1. The van der Waals surface area contributed by atoms with Gasteiger partial charge in [0.15, 0.2) is 0 Å². The van der Waals surface area contributed by atoms with E-state index in [1.807, 2.05) is 0 Å². The SMILES string of the molecule is CN(CC(=O)Nc1c(Cl)cccc1Cl)S(=O)(=O)Cc1ccc(Cl)c(Cl)c1. The highest BCUT2D eigenvalue weighted by Gasteiger charge is 2.22. The minimum Gasteiger partial charge on any atom is -0.322 e. The molecule has 5 nitrogen and oxygen atoms in total. The lowest BCUT2D eigenvalue weighted by molar-refractivity contribution is -0.116. The number of hydrogen-bond acceptors (Lipinski definition) is 3. The first-order valence-corrected chi connectivity index (χ1v) is 10.3. The van der Waals surface area contributed by atoms with Crippen LogP contribution in [0.3, 0.4) is 0 Å². The van der Waals surface area contributed by atoms with Gasteiger partial charge in [0.2, 0.25) is 15.9 Å². The number of hydrogen-bond donors (Lipinski definition) is 1. The van der Waals surface area contributed by atoms with Crippen LogP contribution in [0, 0.1) is 0 Å². The van der Waals surface area contributed by atoms with Gasteiger partial charge in [0.05, 0.1) is 38.1 Å². The highest BCUT2D eigenvalue weighted by Crippen LogP contribution is 2.29. The molecule has 0 aliphatic carbocycles.